The van der Waals surface area contributed by atoms with Crippen molar-refractivity contribution in [3.05, 3.63) is 35.7 Å². The summed E-state index contributed by atoms with van der Waals surface area (Å²) >= 11 is 0. The Morgan fingerprint density at radius 1 is 1.21 bits per heavy atom. The number of anilines is 1. The molecule has 2 aromatic rings. The molecule has 0 saturated carbocycles. The molecule has 0 unspecified atom stereocenters. The van der Waals surface area contributed by atoms with Gasteiger partial charge in [-0.05, 0) is 25.0 Å². The number of aryl methyl sites for hydroxylation is 1. The number of hydrogen-bond donors (Lipinski definition) is 1. The average molecular weight is 418 g/mol. The molecule has 2 heterocycles. The molecule has 1 aromatic heterocycles. The second kappa shape index (κ2) is 7.51. The van der Waals surface area contributed by atoms with Gasteiger partial charge in [-0.1, -0.05) is 17.2 Å². The monoisotopic (exact) mass is 418 g/mol. The van der Waals surface area contributed by atoms with E-state index >= 15 is 0 Å². The summed E-state index contributed by atoms with van der Waals surface area (Å²) in [5, 5.41) is 9.68. The van der Waals surface area contributed by atoms with E-state index in [9.17, 15) is 26.4 Å². The van der Waals surface area contributed by atoms with Crippen molar-refractivity contribution in [3.8, 4) is 0 Å². The number of nitrogens with one attached hydrogen (secondary N) is 1. The summed E-state index contributed by atoms with van der Waals surface area (Å²) in [5.74, 6) is -0.646. The van der Waals surface area contributed by atoms with Crippen molar-refractivity contribution < 1.29 is 30.8 Å². The topological polar surface area (TPSA) is 105 Å². The van der Waals surface area contributed by atoms with Crippen molar-refractivity contribution in [2.24, 2.45) is 5.92 Å². The summed E-state index contributed by atoms with van der Waals surface area (Å²) in [6.07, 6.45) is -4.47. The quantitative estimate of drug-likeness (QED) is 0.818. The van der Waals surface area contributed by atoms with E-state index in [2.05, 4.69) is 15.5 Å². The molecule has 0 radical (unpaired) electrons. The summed E-state index contributed by atoms with van der Waals surface area (Å²) in [4.78, 5) is 11.4. The van der Waals surface area contributed by atoms with E-state index in [0.29, 0.717) is 0 Å². The Labute approximate surface area is 158 Å². The van der Waals surface area contributed by atoms with Gasteiger partial charge in [0.25, 0.3) is 0 Å². The third-order valence-electron chi connectivity index (χ3n) is 4.39. The van der Waals surface area contributed by atoms with Crippen molar-refractivity contribution in [2.45, 2.75) is 30.8 Å². The second-order valence-corrected chi connectivity index (χ2v) is 8.19. The molecule has 0 atom stereocenters. The lowest BCUT2D eigenvalue weighted by molar-refractivity contribution is -0.139. The third kappa shape index (κ3) is 4.17. The maximum atomic E-state index is 13.2. The van der Waals surface area contributed by atoms with Crippen molar-refractivity contribution in [1.29, 1.82) is 0 Å². The first-order valence-electron chi connectivity index (χ1n) is 8.36. The number of hydrogen-bond acceptors (Lipinski definition) is 6. The highest BCUT2D eigenvalue weighted by atomic mass is 32.2. The van der Waals surface area contributed by atoms with Gasteiger partial charge < -0.3 is 4.42 Å². The van der Waals surface area contributed by atoms with Gasteiger partial charge in [-0.2, -0.15) is 17.5 Å². The molecule has 1 fully saturated rings. The minimum absolute atomic E-state index is 0.0587. The van der Waals surface area contributed by atoms with Gasteiger partial charge in [-0.15, -0.1) is 5.10 Å². The summed E-state index contributed by atoms with van der Waals surface area (Å²) in [6, 6.07) is 4.00. The van der Waals surface area contributed by atoms with Crippen LogP contribution in [0, 0.1) is 12.8 Å². The van der Waals surface area contributed by atoms with E-state index in [1.165, 1.54) is 6.07 Å². The van der Waals surface area contributed by atoms with Crippen LogP contribution in [0.15, 0.2) is 33.6 Å². The molecule has 1 amide bonds. The molecule has 0 bridgehead atoms. The van der Waals surface area contributed by atoms with Gasteiger partial charge in [-0.25, -0.2) is 8.42 Å². The first kappa shape index (κ1) is 20.3. The molecule has 1 aliphatic heterocycles. The van der Waals surface area contributed by atoms with E-state index < -0.39 is 38.5 Å². The van der Waals surface area contributed by atoms with Crippen LogP contribution >= 0.6 is 0 Å². The highest BCUT2D eigenvalue weighted by molar-refractivity contribution is 7.89. The third-order valence-corrected chi connectivity index (χ3v) is 6.35. The van der Waals surface area contributed by atoms with Gasteiger partial charge in [0.2, 0.25) is 21.8 Å². The number of aromatic nitrogens is 2. The smallest absolute Gasteiger partial charge is 0.408 e. The summed E-state index contributed by atoms with van der Waals surface area (Å²) < 4.78 is 71.0. The number of carbonyl (C=O) groups excluding carboxylic acids is 1. The van der Waals surface area contributed by atoms with Gasteiger partial charge in [-0.3, -0.25) is 10.1 Å². The van der Waals surface area contributed by atoms with Gasteiger partial charge >= 0.3 is 12.2 Å². The SMILES string of the molecule is Cc1nnc(NC(=O)C2CCN(S(=O)(=O)c3ccccc3C(F)(F)F)CC2)o1. The van der Waals surface area contributed by atoms with Crippen LogP contribution in [0.3, 0.4) is 0 Å². The number of carbonyl (C=O) groups is 1. The number of nitrogens with zero attached hydrogens (tertiary/aromatic N) is 3. The number of amides is 1. The number of sulfonamides is 1. The van der Waals surface area contributed by atoms with Crippen molar-refractivity contribution in [3.63, 3.8) is 0 Å². The highest BCUT2D eigenvalue weighted by Gasteiger charge is 2.40. The van der Waals surface area contributed by atoms with Crippen LogP contribution in [-0.4, -0.2) is 41.9 Å². The molecule has 3 rings (SSSR count). The van der Waals surface area contributed by atoms with E-state index in [-0.39, 0.29) is 37.8 Å². The van der Waals surface area contributed by atoms with E-state index in [1.807, 2.05) is 0 Å². The predicted octanol–water partition coefficient (Wildman–Crippen LogP) is 2.44. The maximum absolute atomic E-state index is 13.2. The molecule has 28 heavy (non-hydrogen) atoms. The summed E-state index contributed by atoms with van der Waals surface area (Å²) in [5.41, 5.74) is -1.21. The zero-order chi connectivity index (χ0) is 20.5. The van der Waals surface area contributed by atoms with Crippen molar-refractivity contribution >= 4 is 21.9 Å². The number of halogens is 3. The van der Waals surface area contributed by atoms with Crippen molar-refractivity contribution in [1.82, 2.24) is 14.5 Å². The van der Waals surface area contributed by atoms with Crippen molar-refractivity contribution in [2.75, 3.05) is 18.4 Å². The molecule has 0 aliphatic carbocycles. The predicted molar refractivity (Wildman–Crippen MR) is 90.6 cm³/mol. The van der Waals surface area contributed by atoms with Crippen LogP contribution in [0.5, 0.6) is 0 Å². The van der Waals surface area contributed by atoms with E-state index in [1.54, 1.807) is 6.92 Å². The lowest BCUT2D eigenvalue weighted by atomic mass is 9.97. The molecule has 0 spiro atoms. The lowest BCUT2D eigenvalue weighted by Crippen LogP contribution is -2.41. The molecule has 152 valence electrons. The molecular weight excluding hydrogens is 401 g/mol. The van der Waals surface area contributed by atoms with Crippen LogP contribution in [0.25, 0.3) is 0 Å². The average Bonchev–Trinajstić information content (AvgIpc) is 3.06. The van der Waals surface area contributed by atoms with E-state index in [4.69, 9.17) is 4.42 Å². The Morgan fingerprint density at radius 2 is 1.86 bits per heavy atom. The summed E-state index contributed by atoms with van der Waals surface area (Å²) in [7, 11) is -4.34. The number of benzene rings is 1. The van der Waals surface area contributed by atoms with Crippen LogP contribution in [0.2, 0.25) is 0 Å². The lowest BCUT2D eigenvalue weighted by Gasteiger charge is -2.30. The molecule has 1 aromatic carbocycles. The number of alkyl halides is 3. The molecule has 1 saturated heterocycles. The van der Waals surface area contributed by atoms with Crippen LogP contribution in [-0.2, 0) is 21.0 Å². The Kier molecular flexibility index (Phi) is 5.44. The van der Waals surface area contributed by atoms with Gasteiger partial charge in [0.15, 0.2) is 0 Å². The zero-order valence-corrected chi connectivity index (χ0v) is 15.5. The summed E-state index contributed by atoms with van der Waals surface area (Å²) in [6.45, 7) is 1.41. The Balaban J connectivity index is 1.70. The van der Waals surface area contributed by atoms with Gasteiger partial charge in [0.1, 0.15) is 0 Å². The number of piperidine rings is 1. The Bertz CT molecular complexity index is 966. The fraction of sp³-hybridized carbons (Fsp3) is 0.438. The maximum Gasteiger partial charge on any atom is 0.417 e. The molecule has 1 N–H and O–H groups in total. The normalized spacial score (nSPS) is 16.9. The second-order valence-electron chi connectivity index (χ2n) is 6.29. The number of rotatable bonds is 4. The minimum atomic E-state index is -4.79. The Hall–Kier alpha value is -2.47. The minimum Gasteiger partial charge on any atom is -0.408 e. The van der Waals surface area contributed by atoms with E-state index in [0.717, 1.165) is 22.5 Å². The van der Waals surface area contributed by atoms with Crippen LogP contribution in [0.1, 0.15) is 24.3 Å². The molecule has 12 heteroatoms. The first-order valence-corrected chi connectivity index (χ1v) is 9.80. The van der Waals surface area contributed by atoms with Gasteiger partial charge in [0.05, 0.1) is 10.5 Å². The van der Waals surface area contributed by atoms with Crippen LogP contribution in [0.4, 0.5) is 19.2 Å². The highest BCUT2D eigenvalue weighted by Crippen LogP contribution is 2.36. The fourth-order valence-electron chi connectivity index (χ4n) is 2.98. The standard InChI is InChI=1S/C16H17F3N4O4S/c1-10-21-22-15(27-10)20-14(24)11-6-8-23(9-7-11)28(25,26)13-5-3-2-4-12(13)16(17,18)19/h2-5,11H,6-9H2,1H3,(H,20,22,24). The molecule has 8 nitrogen and oxygen atoms in total. The first-order chi connectivity index (χ1) is 13.1. The molecule has 1 aliphatic rings. The fourth-order valence-corrected chi connectivity index (χ4v) is 4.66. The van der Waals surface area contributed by atoms with Crippen LogP contribution < -0.4 is 5.32 Å². The largest absolute Gasteiger partial charge is 0.417 e. The molecular formula is C16H17F3N4O4S. The van der Waals surface area contributed by atoms with Gasteiger partial charge in [0, 0.05) is 25.9 Å². The Morgan fingerprint density at radius 3 is 2.43 bits per heavy atom. The zero-order valence-electron chi connectivity index (χ0n) is 14.7.